The molecule has 2 aromatic rings. The largest absolute Gasteiger partial charge is 0.367 e. The summed E-state index contributed by atoms with van der Waals surface area (Å²) in [6.45, 7) is 6.58. The summed E-state index contributed by atoms with van der Waals surface area (Å²) >= 11 is 6.35. The van der Waals surface area contributed by atoms with Crippen LogP contribution in [0.4, 0.5) is 5.69 Å². The second kappa shape index (κ2) is 6.78. The zero-order valence-electron chi connectivity index (χ0n) is 12.1. The second-order valence-corrected chi connectivity index (χ2v) is 5.34. The number of hydrogen-bond donors (Lipinski definition) is 1. The van der Waals surface area contributed by atoms with Crippen LogP contribution in [0.1, 0.15) is 23.6 Å². The molecule has 0 saturated heterocycles. The summed E-state index contributed by atoms with van der Waals surface area (Å²) in [6.07, 6.45) is 0. The average Bonchev–Trinajstić information content (AvgIpc) is 2.47. The molecule has 0 unspecified atom stereocenters. The molecule has 106 valence electrons. The molecule has 0 aliphatic heterocycles. The zero-order chi connectivity index (χ0) is 14.5. The first kappa shape index (κ1) is 14.9. The first-order valence-electron chi connectivity index (χ1n) is 6.93. The minimum Gasteiger partial charge on any atom is -0.367 e. The lowest BCUT2D eigenvalue weighted by atomic mass is 10.1. The van der Waals surface area contributed by atoms with Crippen LogP contribution in [-0.2, 0) is 13.1 Å². The van der Waals surface area contributed by atoms with E-state index in [4.69, 9.17) is 17.3 Å². The van der Waals surface area contributed by atoms with E-state index in [-0.39, 0.29) is 0 Å². The fraction of sp³-hybridized carbons (Fsp3) is 0.294. The molecule has 0 radical (unpaired) electrons. The lowest BCUT2D eigenvalue weighted by Crippen LogP contribution is -2.23. The number of aryl methyl sites for hydroxylation is 1. The van der Waals surface area contributed by atoms with Gasteiger partial charge in [-0.2, -0.15) is 0 Å². The molecule has 2 rings (SSSR count). The van der Waals surface area contributed by atoms with E-state index in [1.807, 2.05) is 12.1 Å². The van der Waals surface area contributed by atoms with Crippen LogP contribution in [0.25, 0.3) is 0 Å². The van der Waals surface area contributed by atoms with Gasteiger partial charge in [0.25, 0.3) is 0 Å². The highest BCUT2D eigenvalue weighted by molar-refractivity contribution is 6.31. The van der Waals surface area contributed by atoms with Crippen molar-refractivity contribution in [2.45, 2.75) is 26.9 Å². The van der Waals surface area contributed by atoms with Crippen molar-refractivity contribution in [2.75, 3.05) is 11.4 Å². The first-order valence-corrected chi connectivity index (χ1v) is 7.31. The number of rotatable bonds is 5. The Bertz CT molecular complexity index is 581. The Labute approximate surface area is 126 Å². The van der Waals surface area contributed by atoms with Crippen LogP contribution in [0.5, 0.6) is 0 Å². The normalized spacial score (nSPS) is 10.6. The summed E-state index contributed by atoms with van der Waals surface area (Å²) in [5, 5.41) is 0.792. The van der Waals surface area contributed by atoms with E-state index in [9.17, 15) is 0 Å². The van der Waals surface area contributed by atoms with Gasteiger partial charge in [-0.1, -0.05) is 41.9 Å². The molecule has 0 aliphatic carbocycles. The summed E-state index contributed by atoms with van der Waals surface area (Å²) in [4.78, 5) is 2.33. The van der Waals surface area contributed by atoms with Crippen molar-refractivity contribution in [3.05, 3.63) is 64.2 Å². The van der Waals surface area contributed by atoms with Gasteiger partial charge < -0.3 is 10.6 Å². The third-order valence-electron chi connectivity index (χ3n) is 3.55. The van der Waals surface area contributed by atoms with Gasteiger partial charge in [-0.15, -0.1) is 0 Å². The average molecular weight is 289 g/mol. The molecule has 2 N–H and O–H groups in total. The number of hydrogen-bond acceptors (Lipinski definition) is 2. The number of benzene rings is 2. The molecule has 3 heteroatoms. The summed E-state index contributed by atoms with van der Waals surface area (Å²) in [5.74, 6) is 0. The van der Waals surface area contributed by atoms with Gasteiger partial charge in [-0.05, 0) is 42.7 Å². The maximum atomic E-state index is 6.35. The van der Waals surface area contributed by atoms with Gasteiger partial charge in [0.15, 0.2) is 0 Å². The maximum Gasteiger partial charge on any atom is 0.0459 e. The Hall–Kier alpha value is -1.51. The van der Waals surface area contributed by atoms with Crippen molar-refractivity contribution in [1.82, 2.24) is 0 Å². The Balaban J connectivity index is 2.25. The minimum absolute atomic E-state index is 0.523. The van der Waals surface area contributed by atoms with Crippen LogP contribution in [0, 0.1) is 6.92 Å². The summed E-state index contributed by atoms with van der Waals surface area (Å²) < 4.78 is 0. The van der Waals surface area contributed by atoms with Gasteiger partial charge in [0.05, 0.1) is 0 Å². The standard InChI is InChI=1S/C17H21ClN2/c1-3-20(17-7-5-4-6-13(17)2)12-15-9-8-14(11-19)10-16(15)18/h4-10H,3,11-12,19H2,1-2H3. The van der Waals surface area contributed by atoms with E-state index in [2.05, 4.69) is 49.1 Å². The van der Waals surface area contributed by atoms with Crippen LogP contribution in [0.15, 0.2) is 42.5 Å². The predicted molar refractivity (Wildman–Crippen MR) is 87.2 cm³/mol. The van der Waals surface area contributed by atoms with Crippen molar-refractivity contribution < 1.29 is 0 Å². The minimum atomic E-state index is 0.523. The molecule has 0 spiro atoms. The lowest BCUT2D eigenvalue weighted by Gasteiger charge is -2.25. The number of anilines is 1. The molecule has 2 nitrogen and oxygen atoms in total. The molecule has 0 saturated carbocycles. The smallest absolute Gasteiger partial charge is 0.0459 e. The van der Waals surface area contributed by atoms with Crippen LogP contribution in [0.2, 0.25) is 5.02 Å². The van der Waals surface area contributed by atoms with Gasteiger partial charge in [-0.25, -0.2) is 0 Å². The van der Waals surface area contributed by atoms with E-state index in [0.29, 0.717) is 6.54 Å². The first-order chi connectivity index (χ1) is 9.65. The fourth-order valence-corrected chi connectivity index (χ4v) is 2.60. The highest BCUT2D eigenvalue weighted by atomic mass is 35.5. The predicted octanol–water partition coefficient (Wildman–Crippen LogP) is 4.13. The Kier molecular flexibility index (Phi) is 5.05. The van der Waals surface area contributed by atoms with E-state index in [1.165, 1.54) is 11.3 Å². The molecular weight excluding hydrogens is 268 g/mol. The molecule has 0 aliphatic rings. The van der Waals surface area contributed by atoms with Crippen molar-refractivity contribution in [3.8, 4) is 0 Å². The monoisotopic (exact) mass is 288 g/mol. The van der Waals surface area contributed by atoms with Gasteiger partial charge in [0.1, 0.15) is 0 Å². The summed E-state index contributed by atoms with van der Waals surface area (Å²) in [6, 6.07) is 14.5. The fourth-order valence-electron chi connectivity index (χ4n) is 2.34. The van der Waals surface area contributed by atoms with Crippen LogP contribution >= 0.6 is 11.6 Å². The summed E-state index contributed by atoms with van der Waals surface area (Å²) in [5.41, 5.74) is 10.4. The van der Waals surface area contributed by atoms with Crippen LogP contribution in [0.3, 0.4) is 0 Å². The van der Waals surface area contributed by atoms with Crippen molar-refractivity contribution in [2.24, 2.45) is 5.73 Å². The molecule has 20 heavy (non-hydrogen) atoms. The van der Waals surface area contributed by atoms with Crippen molar-refractivity contribution >= 4 is 17.3 Å². The zero-order valence-corrected chi connectivity index (χ0v) is 12.8. The quantitative estimate of drug-likeness (QED) is 0.896. The Morgan fingerprint density at radius 3 is 2.50 bits per heavy atom. The van der Waals surface area contributed by atoms with Crippen molar-refractivity contribution in [3.63, 3.8) is 0 Å². The molecule has 2 aromatic carbocycles. The highest BCUT2D eigenvalue weighted by Crippen LogP contribution is 2.25. The van der Waals surface area contributed by atoms with Crippen molar-refractivity contribution in [1.29, 1.82) is 0 Å². The SMILES string of the molecule is CCN(Cc1ccc(CN)cc1Cl)c1ccccc1C. The molecule has 0 amide bonds. The van der Waals surface area contributed by atoms with E-state index in [0.717, 1.165) is 29.2 Å². The number of nitrogens with zero attached hydrogens (tertiary/aromatic N) is 1. The molecule has 0 aromatic heterocycles. The second-order valence-electron chi connectivity index (χ2n) is 4.93. The highest BCUT2D eigenvalue weighted by Gasteiger charge is 2.10. The topological polar surface area (TPSA) is 29.3 Å². The van der Waals surface area contributed by atoms with Gasteiger partial charge in [0, 0.05) is 30.3 Å². The third-order valence-corrected chi connectivity index (χ3v) is 3.90. The third kappa shape index (κ3) is 3.33. The number of para-hydroxylation sites is 1. The molecular formula is C17H21ClN2. The number of halogens is 1. The molecule has 0 heterocycles. The molecule has 0 atom stereocenters. The van der Waals surface area contributed by atoms with Crippen LogP contribution in [-0.4, -0.2) is 6.54 Å². The van der Waals surface area contributed by atoms with E-state index < -0.39 is 0 Å². The Morgan fingerprint density at radius 2 is 1.90 bits per heavy atom. The van der Waals surface area contributed by atoms with Gasteiger partial charge in [-0.3, -0.25) is 0 Å². The van der Waals surface area contributed by atoms with Gasteiger partial charge in [0.2, 0.25) is 0 Å². The molecule has 0 bridgehead atoms. The lowest BCUT2D eigenvalue weighted by molar-refractivity contribution is 0.827. The van der Waals surface area contributed by atoms with Crippen LogP contribution < -0.4 is 10.6 Å². The van der Waals surface area contributed by atoms with E-state index in [1.54, 1.807) is 0 Å². The molecule has 0 fully saturated rings. The van der Waals surface area contributed by atoms with E-state index >= 15 is 0 Å². The maximum absolute atomic E-state index is 6.35. The van der Waals surface area contributed by atoms with Gasteiger partial charge >= 0.3 is 0 Å². The Morgan fingerprint density at radius 1 is 1.15 bits per heavy atom. The number of nitrogens with two attached hydrogens (primary N) is 1. The summed E-state index contributed by atoms with van der Waals surface area (Å²) in [7, 11) is 0.